The molecule has 0 saturated carbocycles. The molecule has 1 aliphatic heterocycles. The van der Waals surface area contributed by atoms with Crippen LogP contribution in [0.25, 0.3) is 0 Å². The molecule has 0 aromatic heterocycles. The van der Waals surface area contributed by atoms with Crippen molar-refractivity contribution in [2.24, 2.45) is 0 Å². The van der Waals surface area contributed by atoms with Crippen LogP contribution in [0.15, 0.2) is 27.6 Å². The summed E-state index contributed by atoms with van der Waals surface area (Å²) in [5, 5.41) is 0. The first-order valence-corrected chi connectivity index (χ1v) is 9.35. The Morgan fingerprint density at radius 1 is 1.38 bits per heavy atom. The smallest absolute Gasteiger partial charge is 0.245 e. The Kier molecular flexibility index (Phi) is 5.29. The van der Waals surface area contributed by atoms with E-state index in [0.29, 0.717) is 6.54 Å². The standard InChI is InChI=1S/C14H22BrN3O2S/c1-3-12-10-17(2)7-4-8-18(12)21(19,20)14-6-5-11(15)9-13(14)16/h5-6,9,12H,3-4,7-8,10,16H2,1-2H3. The fourth-order valence-corrected chi connectivity index (χ4v) is 4.96. The van der Waals surface area contributed by atoms with Crippen LogP contribution in [0.4, 0.5) is 5.69 Å². The van der Waals surface area contributed by atoms with E-state index in [1.165, 1.54) is 0 Å². The van der Waals surface area contributed by atoms with Crippen molar-refractivity contribution in [2.75, 3.05) is 32.4 Å². The van der Waals surface area contributed by atoms with Crippen LogP contribution in [-0.2, 0) is 10.0 Å². The Hall–Kier alpha value is -0.630. The van der Waals surface area contributed by atoms with Crippen molar-refractivity contribution in [3.05, 3.63) is 22.7 Å². The van der Waals surface area contributed by atoms with Crippen LogP contribution < -0.4 is 5.73 Å². The van der Waals surface area contributed by atoms with Crippen LogP contribution in [0.3, 0.4) is 0 Å². The Balaban J connectivity index is 2.41. The highest BCUT2D eigenvalue weighted by Gasteiger charge is 2.33. The highest BCUT2D eigenvalue weighted by Crippen LogP contribution is 2.28. The first-order chi connectivity index (χ1) is 9.86. The molecule has 7 heteroatoms. The SMILES string of the molecule is CCC1CN(C)CCCN1S(=O)(=O)c1ccc(Br)cc1N. The van der Waals surface area contributed by atoms with Crippen molar-refractivity contribution < 1.29 is 8.42 Å². The van der Waals surface area contributed by atoms with E-state index in [1.54, 1.807) is 22.5 Å². The summed E-state index contributed by atoms with van der Waals surface area (Å²) in [6, 6.07) is 4.92. The van der Waals surface area contributed by atoms with Gasteiger partial charge in [-0.25, -0.2) is 8.42 Å². The molecule has 1 fully saturated rings. The molecule has 21 heavy (non-hydrogen) atoms. The number of rotatable bonds is 3. The first kappa shape index (κ1) is 16.7. The van der Waals surface area contributed by atoms with Crippen LogP contribution in [0.1, 0.15) is 19.8 Å². The molecule has 0 spiro atoms. The second-order valence-electron chi connectivity index (χ2n) is 5.48. The molecule has 1 aromatic rings. The van der Waals surface area contributed by atoms with Crippen molar-refractivity contribution in [3.63, 3.8) is 0 Å². The lowest BCUT2D eigenvalue weighted by Crippen LogP contribution is -2.43. The van der Waals surface area contributed by atoms with Gasteiger partial charge in [-0.2, -0.15) is 4.31 Å². The molecule has 2 N–H and O–H groups in total. The lowest BCUT2D eigenvalue weighted by molar-refractivity contribution is 0.270. The maximum atomic E-state index is 13.0. The second kappa shape index (κ2) is 6.64. The van der Waals surface area contributed by atoms with E-state index < -0.39 is 10.0 Å². The van der Waals surface area contributed by atoms with E-state index >= 15 is 0 Å². The molecule has 1 saturated heterocycles. The molecule has 0 aliphatic carbocycles. The molecular weight excluding hydrogens is 354 g/mol. The van der Waals surface area contributed by atoms with Crippen molar-refractivity contribution in [3.8, 4) is 0 Å². The van der Waals surface area contributed by atoms with Gasteiger partial charge in [-0.1, -0.05) is 22.9 Å². The quantitative estimate of drug-likeness (QED) is 0.821. The van der Waals surface area contributed by atoms with E-state index in [4.69, 9.17) is 5.73 Å². The van der Waals surface area contributed by atoms with Gasteiger partial charge in [0.1, 0.15) is 4.90 Å². The third kappa shape index (κ3) is 3.59. The van der Waals surface area contributed by atoms with E-state index in [2.05, 4.69) is 20.8 Å². The number of nitrogens with two attached hydrogens (primary N) is 1. The van der Waals surface area contributed by atoms with Gasteiger partial charge in [0.2, 0.25) is 10.0 Å². The van der Waals surface area contributed by atoms with Gasteiger partial charge in [0.15, 0.2) is 0 Å². The minimum Gasteiger partial charge on any atom is -0.398 e. The molecule has 1 aromatic carbocycles. The summed E-state index contributed by atoms with van der Waals surface area (Å²) >= 11 is 3.31. The van der Waals surface area contributed by atoms with Crippen molar-refractivity contribution >= 4 is 31.6 Å². The predicted molar refractivity (Wildman–Crippen MR) is 88.6 cm³/mol. The summed E-state index contributed by atoms with van der Waals surface area (Å²) in [6.07, 6.45) is 1.63. The van der Waals surface area contributed by atoms with Gasteiger partial charge in [0.05, 0.1) is 5.69 Å². The topological polar surface area (TPSA) is 66.6 Å². The van der Waals surface area contributed by atoms with Gasteiger partial charge >= 0.3 is 0 Å². The fourth-order valence-electron chi connectivity index (χ4n) is 2.75. The predicted octanol–water partition coefficient (Wildman–Crippen LogP) is 2.14. The summed E-state index contributed by atoms with van der Waals surface area (Å²) in [6.45, 7) is 4.24. The molecular formula is C14H22BrN3O2S. The van der Waals surface area contributed by atoms with Crippen LogP contribution in [-0.4, -0.2) is 50.3 Å². The maximum Gasteiger partial charge on any atom is 0.245 e. The minimum absolute atomic E-state index is 0.00875. The highest BCUT2D eigenvalue weighted by atomic mass is 79.9. The number of likely N-dealkylation sites (N-methyl/N-ethyl adjacent to an activating group) is 1. The summed E-state index contributed by atoms with van der Waals surface area (Å²) in [4.78, 5) is 2.39. The number of nitrogen functional groups attached to an aromatic ring is 1. The molecule has 1 unspecified atom stereocenters. The fraction of sp³-hybridized carbons (Fsp3) is 0.571. The van der Waals surface area contributed by atoms with Crippen LogP contribution >= 0.6 is 15.9 Å². The van der Waals surface area contributed by atoms with E-state index in [1.807, 2.05) is 14.0 Å². The number of nitrogens with zero attached hydrogens (tertiary/aromatic N) is 2. The zero-order chi connectivity index (χ0) is 15.6. The monoisotopic (exact) mass is 375 g/mol. The van der Waals surface area contributed by atoms with Crippen molar-refractivity contribution in [2.45, 2.75) is 30.7 Å². The molecule has 5 nitrogen and oxygen atoms in total. The van der Waals surface area contributed by atoms with Crippen LogP contribution in [0, 0.1) is 0 Å². The van der Waals surface area contributed by atoms with Gasteiger partial charge in [0, 0.05) is 23.6 Å². The van der Waals surface area contributed by atoms with E-state index in [0.717, 1.165) is 30.4 Å². The van der Waals surface area contributed by atoms with Gasteiger partial charge in [0.25, 0.3) is 0 Å². The summed E-state index contributed by atoms with van der Waals surface area (Å²) in [5.41, 5.74) is 6.21. The average molecular weight is 376 g/mol. The lowest BCUT2D eigenvalue weighted by Gasteiger charge is -2.29. The number of anilines is 1. The lowest BCUT2D eigenvalue weighted by atomic mass is 10.2. The summed E-state index contributed by atoms with van der Waals surface area (Å²) < 4.78 is 28.3. The number of benzene rings is 1. The summed E-state index contributed by atoms with van der Waals surface area (Å²) in [7, 11) is -1.52. The molecule has 118 valence electrons. The number of hydrogen-bond donors (Lipinski definition) is 1. The highest BCUT2D eigenvalue weighted by molar-refractivity contribution is 9.10. The number of halogens is 1. The van der Waals surface area contributed by atoms with Crippen molar-refractivity contribution in [1.82, 2.24) is 9.21 Å². The van der Waals surface area contributed by atoms with Gasteiger partial charge in [-0.3, -0.25) is 0 Å². The van der Waals surface area contributed by atoms with Gasteiger partial charge in [-0.05, 0) is 44.6 Å². The van der Waals surface area contributed by atoms with Crippen LogP contribution in [0.5, 0.6) is 0 Å². The second-order valence-corrected chi connectivity index (χ2v) is 8.25. The summed E-state index contributed by atoms with van der Waals surface area (Å²) in [5.74, 6) is 0. The first-order valence-electron chi connectivity index (χ1n) is 7.11. The molecule has 2 rings (SSSR count). The zero-order valence-corrected chi connectivity index (χ0v) is 14.8. The molecule has 0 radical (unpaired) electrons. The maximum absolute atomic E-state index is 13.0. The average Bonchev–Trinajstić information content (AvgIpc) is 2.59. The molecule has 1 atom stereocenters. The van der Waals surface area contributed by atoms with E-state index in [-0.39, 0.29) is 16.6 Å². The largest absolute Gasteiger partial charge is 0.398 e. The Bertz CT molecular complexity index is 606. The molecule has 1 heterocycles. The Morgan fingerprint density at radius 2 is 2.10 bits per heavy atom. The van der Waals surface area contributed by atoms with Gasteiger partial charge in [-0.15, -0.1) is 0 Å². The zero-order valence-electron chi connectivity index (χ0n) is 12.4. The Labute approximate surface area is 135 Å². The third-order valence-electron chi connectivity index (χ3n) is 3.88. The molecule has 1 aliphatic rings. The minimum atomic E-state index is -3.56. The molecule has 0 amide bonds. The van der Waals surface area contributed by atoms with Gasteiger partial charge < -0.3 is 10.6 Å². The Morgan fingerprint density at radius 3 is 2.71 bits per heavy atom. The third-order valence-corrected chi connectivity index (χ3v) is 6.40. The normalized spacial score (nSPS) is 22.1. The number of hydrogen-bond acceptors (Lipinski definition) is 4. The van der Waals surface area contributed by atoms with E-state index in [9.17, 15) is 8.42 Å². The van der Waals surface area contributed by atoms with Crippen LogP contribution in [0.2, 0.25) is 0 Å². The molecule has 0 bridgehead atoms. The number of sulfonamides is 1. The van der Waals surface area contributed by atoms with Crippen molar-refractivity contribution in [1.29, 1.82) is 0 Å².